The first kappa shape index (κ1) is 12.8. The Morgan fingerprint density at radius 1 is 1.50 bits per heavy atom. The number of aromatic nitrogens is 2. The van der Waals surface area contributed by atoms with Crippen molar-refractivity contribution in [1.82, 2.24) is 15.3 Å². The molecule has 1 aliphatic heterocycles. The molecule has 0 spiro atoms. The number of carbonyl (C=O) groups is 2. The number of carbonyl (C=O) groups excluding carboxylic acids is 2. The molecule has 0 saturated carbocycles. The fraction of sp³-hybridized carbons (Fsp3) is 0.455. The highest BCUT2D eigenvalue weighted by molar-refractivity contribution is 6.28. The second-order valence-corrected chi connectivity index (χ2v) is 4.44. The zero-order valence-electron chi connectivity index (χ0n) is 10.1. The average Bonchev–Trinajstić information content (AvgIpc) is 2.26. The van der Waals surface area contributed by atoms with Gasteiger partial charge in [-0.05, 0) is 24.9 Å². The summed E-state index contributed by atoms with van der Waals surface area (Å²) in [5.74, 6) is -0.138. The molecule has 1 unspecified atom stereocenters. The monoisotopic (exact) mass is 268 g/mol. The minimum atomic E-state index is -0.409. The summed E-state index contributed by atoms with van der Waals surface area (Å²) in [6, 6.07) is 1.30. The number of amides is 2. The fourth-order valence-electron chi connectivity index (χ4n) is 1.98. The second-order valence-electron chi connectivity index (χ2n) is 4.10. The predicted molar refractivity (Wildman–Crippen MR) is 66.4 cm³/mol. The molecule has 0 aromatic carbocycles. The van der Waals surface area contributed by atoms with E-state index < -0.39 is 6.04 Å². The van der Waals surface area contributed by atoms with Crippen LogP contribution in [-0.2, 0) is 9.59 Å². The third-order valence-electron chi connectivity index (χ3n) is 2.75. The molecular formula is C11H13ClN4O2. The van der Waals surface area contributed by atoms with Gasteiger partial charge in [-0.25, -0.2) is 9.97 Å². The van der Waals surface area contributed by atoms with Gasteiger partial charge >= 0.3 is 0 Å². The highest BCUT2D eigenvalue weighted by Crippen LogP contribution is 2.20. The summed E-state index contributed by atoms with van der Waals surface area (Å²) in [5, 5.41) is 2.42. The smallest absolute Gasteiger partial charge is 0.249 e. The number of imide groups is 1. The molecule has 1 aromatic heterocycles. The average molecular weight is 269 g/mol. The van der Waals surface area contributed by atoms with Crippen LogP contribution in [0.2, 0.25) is 5.28 Å². The lowest BCUT2D eigenvalue weighted by Gasteiger charge is -2.34. The van der Waals surface area contributed by atoms with Crippen molar-refractivity contribution in [2.75, 3.05) is 11.4 Å². The summed E-state index contributed by atoms with van der Waals surface area (Å²) in [4.78, 5) is 32.9. The van der Waals surface area contributed by atoms with Gasteiger partial charge in [0.1, 0.15) is 11.9 Å². The molecule has 1 aromatic rings. The molecule has 1 atom stereocenters. The number of hydrogen-bond donors (Lipinski definition) is 1. The van der Waals surface area contributed by atoms with E-state index in [9.17, 15) is 9.59 Å². The van der Waals surface area contributed by atoms with Crippen LogP contribution in [0.3, 0.4) is 0 Å². The van der Waals surface area contributed by atoms with E-state index in [1.807, 2.05) is 6.92 Å². The minimum absolute atomic E-state index is 0.0943. The normalized spacial score (nSPS) is 19.9. The number of aryl methyl sites for hydroxylation is 1. The Morgan fingerprint density at radius 2 is 2.22 bits per heavy atom. The van der Waals surface area contributed by atoms with E-state index in [2.05, 4.69) is 15.3 Å². The van der Waals surface area contributed by atoms with Crippen LogP contribution in [-0.4, -0.2) is 34.4 Å². The molecule has 0 radical (unpaired) electrons. The molecule has 2 rings (SSSR count). The summed E-state index contributed by atoms with van der Waals surface area (Å²) in [6.45, 7) is 3.75. The zero-order chi connectivity index (χ0) is 13.3. The highest BCUT2D eigenvalue weighted by Gasteiger charge is 2.33. The minimum Gasteiger partial charge on any atom is -0.335 e. The van der Waals surface area contributed by atoms with E-state index in [0.29, 0.717) is 17.9 Å². The summed E-state index contributed by atoms with van der Waals surface area (Å²) in [6.07, 6.45) is 0.583. The van der Waals surface area contributed by atoms with Gasteiger partial charge in [-0.3, -0.25) is 14.9 Å². The molecule has 96 valence electrons. The van der Waals surface area contributed by atoms with Crippen molar-refractivity contribution in [2.24, 2.45) is 0 Å². The van der Waals surface area contributed by atoms with Gasteiger partial charge < -0.3 is 4.90 Å². The molecule has 2 heterocycles. The number of anilines is 1. The SMILES string of the molecule is CCC1C(=O)NC(=O)CN1c1cc(C)nc(Cl)n1. The Morgan fingerprint density at radius 3 is 2.83 bits per heavy atom. The quantitative estimate of drug-likeness (QED) is 0.631. The molecule has 1 saturated heterocycles. The molecule has 7 heteroatoms. The standard InChI is InChI=1S/C11H13ClN4O2/c1-3-7-10(18)15-9(17)5-16(7)8-4-6(2)13-11(12)14-8/h4,7H,3,5H2,1-2H3,(H,15,17,18). The topological polar surface area (TPSA) is 75.2 Å². The van der Waals surface area contributed by atoms with Gasteiger partial charge in [-0.1, -0.05) is 6.92 Å². The van der Waals surface area contributed by atoms with E-state index in [4.69, 9.17) is 11.6 Å². The lowest BCUT2D eigenvalue weighted by Crippen LogP contribution is -2.58. The zero-order valence-corrected chi connectivity index (χ0v) is 10.9. The summed E-state index contributed by atoms with van der Waals surface area (Å²) in [5.41, 5.74) is 0.693. The van der Waals surface area contributed by atoms with Crippen LogP contribution in [0.15, 0.2) is 6.07 Å². The van der Waals surface area contributed by atoms with Crippen molar-refractivity contribution in [3.63, 3.8) is 0 Å². The Labute approximate surface area is 109 Å². The van der Waals surface area contributed by atoms with Crippen LogP contribution < -0.4 is 10.2 Å². The third kappa shape index (κ3) is 2.43. The Hall–Kier alpha value is -1.69. The van der Waals surface area contributed by atoms with Crippen molar-refractivity contribution < 1.29 is 9.59 Å². The van der Waals surface area contributed by atoms with Crippen LogP contribution in [0.4, 0.5) is 5.82 Å². The molecule has 0 aliphatic carbocycles. The van der Waals surface area contributed by atoms with Gasteiger partial charge in [0.2, 0.25) is 17.1 Å². The summed E-state index contributed by atoms with van der Waals surface area (Å²) >= 11 is 5.80. The Bertz CT molecular complexity index is 486. The number of halogens is 1. The number of nitrogens with one attached hydrogen (secondary N) is 1. The Balaban J connectivity index is 2.39. The van der Waals surface area contributed by atoms with Crippen LogP contribution in [0.25, 0.3) is 0 Å². The van der Waals surface area contributed by atoms with Crippen molar-refractivity contribution >= 4 is 29.2 Å². The number of nitrogens with zero attached hydrogens (tertiary/aromatic N) is 3. The van der Waals surface area contributed by atoms with Crippen LogP contribution in [0.5, 0.6) is 0 Å². The van der Waals surface area contributed by atoms with Crippen molar-refractivity contribution in [3.05, 3.63) is 17.0 Å². The van der Waals surface area contributed by atoms with E-state index in [-0.39, 0.29) is 23.6 Å². The first-order valence-electron chi connectivity index (χ1n) is 5.62. The largest absolute Gasteiger partial charge is 0.335 e. The van der Waals surface area contributed by atoms with Crippen molar-refractivity contribution in [3.8, 4) is 0 Å². The summed E-state index contributed by atoms with van der Waals surface area (Å²) in [7, 11) is 0. The maximum atomic E-state index is 11.7. The molecular weight excluding hydrogens is 256 g/mol. The molecule has 1 fully saturated rings. The molecule has 0 bridgehead atoms. The predicted octanol–water partition coefficient (Wildman–Crippen LogP) is 0.680. The number of piperazine rings is 1. The van der Waals surface area contributed by atoms with E-state index >= 15 is 0 Å². The van der Waals surface area contributed by atoms with Gasteiger partial charge in [0, 0.05) is 11.8 Å². The first-order chi connectivity index (χ1) is 8.51. The van der Waals surface area contributed by atoms with E-state index in [1.165, 1.54) is 0 Å². The van der Waals surface area contributed by atoms with Gasteiger partial charge in [0.05, 0.1) is 6.54 Å². The second kappa shape index (κ2) is 4.89. The van der Waals surface area contributed by atoms with Gasteiger partial charge in [0.15, 0.2) is 0 Å². The number of rotatable bonds is 2. The third-order valence-corrected chi connectivity index (χ3v) is 2.92. The van der Waals surface area contributed by atoms with Gasteiger partial charge in [-0.2, -0.15) is 0 Å². The van der Waals surface area contributed by atoms with Crippen LogP contribution in [0, 0.1) is 6.92 Å². The van der Waals surface area contributed by atoms with Crippen LogP contribution >= 0.6 is 11.6 Å². The van der Waals surface area contributed by atoms with Crippen LogP contribution in [0.1, 0.15) is 19.0 Å². The van der Waals surface area contributed by atoms with Crippen molar-refractivity contribution in [1.29, 1.82) is 0 Å². The lowest BCUT2D eigenvalue weighted by molar-refractivity contribution is -0.132. The van der Waals surface area contributed by atoms with E-state index in [0.717, 1.165) is 0 Å². The van der Waals surface area contributed by atoms with Crippen molar-refractivity contribution in [2.45, 2.75) is 26.3 Å². The molecule has 1 aliphatic rings. The summed E-state index contributed by atoms with van der Waals surface area (Å²) < 4.78 is 0. The first-order valence-corrected chi connectivity index (χ1v) is 6.00. The maximum Gasteiger partial charge on any atom is 0.249 e. The maximum absolute atomic E-state index is 11.7. The Kier molecular flexibility index (Phi) is 3.47. The fourth-order valence-corrected chi connectivity index (χ4v) is 2.20. The lowest BCUT2D eigenvalue weighted by atomic mass is 10.1. The van der Waals surface area contributed by atoms with Gasteiger partial charge in [0.25, 0.3) is 0 Å². The molecule has 1 N–H and O–H groups in total. The number of hydrogen-bond acceptors (Lipinski definition) is 5. The molecule has 6 nitrogen and oxygen atoms in total. The molecule has 18 heavy (non-hydrogen) atoms. The van der Waals surface area contributed by atoms with E-state index in [1.54, 1.807) is 17.9 Å². The van der Waals surface area contributed by atoms with Gasteiger partial charge in [-0.15, -0.1) is 0 Å². The molecule has 2 amide bonds. The highest BCUT2D eigenvalue weighted by atomic mass is 35.5.